The first-order valence-corrected chi connectivity index (χ1v) is 7.41. The Hall–Kier alpha value is -0.830. The Balaban J connectivity index is 1.74. The third-order valence-corrected chi connectivity index (χ3v) is 4.19. The van der Waals surface area contributed by atoms with E-state index in [-0.39, 0.29) is 0 Å². The molecule has 0 bridgehead atoms. The van der Waals surface area contributed by atoms with Gasteiger partial charge in [0.1, 0.15) is 0 Å². The Morgan fingerprint density at radius 1 is 1.39 bits per heavy atom. The van der Waals surface area contributed by atoms with E-state index in [0.29, 0.717) is 6.04 Å². The average Bonchev–Trinajstić information content (AvgIpc) is 2.80. The fourth-order valence-corrected chi connectivity index (χ4v) is 2.84. The van der Waals surface area contributed by atoms with Gasteiger partial charge in [0.2, 0.25) is 0 Å². The monoisotopic (exact) mass is 249 g/mol. The van der Waals surface area contributed by atoms with Crippen LogP contribution in [-0.2, 0) is 6.54 Å². The van der Waals surface area contributed by atoms with E-state index in [1.807, 2.05) is 4.68 Å². The summed E-state index contributed by atoms with van der Waals surface area (Å²) < 4.78 is 2.03. The molecule has 1 N–H and O–H groups in total. The Morgan fingerprint density at radius 3 is 2.83 bits per heavy atom. The van der Waals surface area contributed by atoms with Crippen LogP contribution < -0.4 is 5.32 Å². The van der Waals surface area contributed by atoms with E-state index < -0.39 is 0 Å². The van der Waals surface area contributed by atoms with E-state index in [4.69, 9.17) is 0 Å². The second-order valence-electron chi connectivity index (χ2n) is 6.03. The minimum absolute atomic E-state index is 0.456. The maximum absolute atomic E-state index is 4.57. The van der Waals surface area contributed by atoms with Gasteiger partial charge in [0.25, 0.3) is 0 Å². The summed E-state index contributed by atoms with van der Waals surface area (Å²) in [5.74, 6) is 1.76. The summed E-state index contributed by atoms with van der Waals surface area (Å²) in [5, 5.41) is 8.14. The third kappa shape index (κ3) is 3.58. The SMILES string of the molecule is CC1CCCCC1CNCc1ccn(C(C)C)n1. The van der Waals surface area contributed by atoms with E-state index >= 15 is 0 Å². The van der Waals surface area contributed by atoms with Crippen LogP contribution in [0, 0.1) is 11.8 Å². The van der Waals surface area contributed by atoms with Gasteiger partial charge >= 0.3 is 0 Å². The van der Waals surface area contributed by atoms with Gasteiger partial charge in [-0.05, 0) is 44.7 Å². The van der Waals surface area contributed by atoms with Crippen molar-refractivity contribution in [3.8, 4) is 0 Å². The van der Waals surface area contributed by atoms with Gasteiger partial charge < -0.3 is 5.32 Å². The molecule has 1 saturated carbocycles. The Morgan fingerprint density at radius 2 is 2.17 bits per heavy atom. The van der Waals surface area contributed by atoms with Crippen molar-refractivity contribution in [2.45, 2.75) is 59.0 Å². The van der Waals surface area contributed by atoms with Crippen LogP contribution in [0.5, 0.6) is 0 Å². The Kier molecular flexibility index (Phi) is 4.81. The second kappa shape index (κ2) is 6.37. The number of nitrogens with zero attached hydrogens (tertiary/aromatic N) is 2. The highest BCUT2D eigenvalue weighted by molar-refractivity contribution is 4.99. The molecule has 0 radical (unpaired) electrons. The van der Waals surface area contributed by atoms with Crippen LogP contribution in [0.1, 0.15) is 58.2 Å². The summed E-state index contributed by atoms with van der Waals surface area (Å²) in [7, 11) is 0. The molecule has 2 rings (SSSR count). The first-order chi connectivity index (χ1) is 8.66. The van der Waals surface area contributed by atoms with Crippen molar-refractivity contribution in [1.82, 2.24) is 15.1 Å². The van der Waals surface area contributed by atoms with Crippen LogP contribution in [-0.4, -0.2) is 16.3 Å². The van der Waals surface area contributed by atoms with E-state index in [1.165, 1.54) is 25.7 Å². The molecule has 0 amide bonds. The number of rotatable bonds is 5. The van der Waals surface area contributed by atoms with Crippen molar-refractivity contribution in [2.24, 2.45) is 11.8 Å². The summed E-state index contributed by atoms with van der Waals surface area (Å²) in [6, 6.07) is 2.58. The van der Waals surface area contributed by atoms with Crippen LogP contribution in [0.25, 0.3) is 0 Å². The number of aromatic nitrogens is 2. The Bertz CT molecular complexity index is 356. The fourth-order valence-electron chi connectivity index (χ4n) is 2.84. The minimum Gasteiger partial charge on any atom is -0.311 e. The van der Waals surface area contributed by atoms with Crippen molar-refractivity contribution in [2.75, 3.05) is 6.54 Å². The predicted molar refractivity (Wildman–Crippen MR) is 75.4 cm³/mol. The standard InChI is InChI=1S/C15H27N3/c1-12(2)18-9-8-15(17-18)11-16-10-14-7-5-4-6-13(14)3/h8-9,12-14,16H,4-7,10-11H2,1-3H3. The van der Waals surface area contributed by atoms with E-state index in [2.05, 4.69) is 43.4 Å². The van der Waals surface area contributed by atoms with Crippen LogP contribution >= 0.6 is 0 Å². The highest BCUT2D eigenvalue weighted by Gasteiger charge is 2.20. The van der Waals surface area contributed by atoms with Gasteiger partial charge in [0.05, 0.1) is 5.69 Å². The van der Waals surface area contributed by atoms with Crippen LogP contribution in [0.15, 0.2) is 12.3 Å². The van der Waals surface area contributed by atoms with E-state index in [1.54, 1.807) is 0 Å². The summed E-state index contributed by atoms with van der Waals surface area (Å²) >= 11 is 0. The summed E-state index contributed by atoms with van der Waals surface area (Å²) in [6.45, 7) is 8.78. The molecule has 3 nitrogen and oxygen atoms in total. The van der Waals surface area contributed by atoms with Gasteiger partial charge in [0.15, 0.2) is 0 Å². The van der Waals surface area contributed by atoms with Crippen molar-refractivity contribution >= 4 is 0 Å². The molecule has 1 aromatic rings. The lowest BCUT2D eigenvalue weighted by Crippen LogP contribution is -2.29. The maximum atomic E-state index is 4.57. The highest BCUT2D eigenvalue weighted by Crippen LogP contribution is 2.28. The molecule has 102 valence electrons. The molecule has 1 aliphatic carbocycles. The zero-order valence-electron chi connectivity index (χ0n) is 12.0. The first-order valence-electron chi connectivity index (χ1n) is 7.41. The summed E-state index contributed by atoms with van der Waals surface area (Å²) in [5.41, 5.74) is 1.16. The molecule has 0 saturated heterocycles. The molecular weight excluding hydrogens is 222 g/mol. The number of hydrogen-bond donors (Lipinski definition) is 1. The van der Waals surface area contributed by atoms with Crippen molar-refractivity contribution in [3.63, 3.8) is 0 Å². The molecule has 1 heterocycles. The van der Waals surface area contributed by atoms with Gasteiger partial charge in [-0.1, -0.05) is 26.2 Å². The highest BCUT2D eigenvalue weighted by atomic mass is 15.3. The molecule has 2 unspecified atom stereocenters. The van der Waals surface area contributed by atoms with Gasteiger partial charge in [-0.15, -0.1) is 0 Å². The van der Waals surface area contributed by atoms with Crippen LogP contribution in [0.3, 0.4) is 0 Å². The minimum atomic E-state index is 0.456. The van der Waals surface area contributed by atoms with Gasteiger partial charge in [-0.3, -0.25) is 4.68 Å². The average molecular weight is 249 g/mol. The molecule has 0 aliphatic heterocycles. The predicted octanol–water partition coefficient (Wildman–Crippen LogP) is 3.38. The van der Waals surface area contributed by atoms with Crippen molar-refractivity contribution in [3.05, 3.63) is 18.0 Å². The zero-order chi connectivity index (χ0) is 13.0. The summed E-state index contributed by atoms with van der Waals surface area (Å²) in [4.78, 5) is 0. The van der Waals surface area contributed by atoms with Crippen LogP contribution in [0.2, 0.25) is 0 Å². The summed E-state index contributed by atoms with van der Waals surface area (Å²) in [6.07, 6.45) is 7.73. The lowest BCUT2D eigenvalue weighted by Gasteiger charge is -2.28. The van der Waals surface area contributed by atoms with Crippen LogP contribution in [0.4, 0.5) is 0 Å². The van der Waals surface area contributed by atoms with Gasteiger partial charge in [-0.25, -0.2) is 0 Å². The quantitative estimate of drug-likeness (QED) is 0.867. The molecule has 0 aromatic carbocycles. The fraction of sp³-hybridized carbons (Fsp3) is 0.800. The van der Waals surface area contributed by atoms with E-state index in [9.17, 15) is 0 Å². The second-order valence-corrected chi connectivity index (χ2v) is 6.03. The lowest BCUT2D eigenvalue weighted by atomic mass is 9.80. The van der Waals surface area contributed by atoms with Gasteiger partial charge in [0, 0.05) is 18.8 Å². The molecule has 2 atom stereocenters. The third-order valence-electron chi connectivity index (χ3n) is 4.19. The molecule has 3 heteroatoms. The topological polar surface area (TPSA) is 29.9 Å². The smallest absolute Gasteiger partial charge is 0.0762 e. The number of hydrogen-bond acceptors (Lipinski definition) is 2. The molecule has 18 heavy (non-hydrogen) atoms. The molecule has 1 aliphatic rings. The maximum Gasteiger partial charge on any atom is 0.0762 e. The van der Waals surface area contributed by atoms with Gasteiger partial charge in [-0.2, -0.15) is 5.10 Å². The molecule has 1 fully saturated rings. The molecule has 1 aromatic heterocycles. The van der Waals surface area contributed by atoms with E-state index in [0.717, 1.165) is 30.6 Å². The molecule has 0 spiro atoms. The lowest BCUT2D eigenvalue weighted by molar-refractivity contribution is 0.247. The van der Waals surface area contributed by atoms with Crippen molar-refractivity contribution < 1.29 is 0 Å². The van der Waals surface area contributed by atoms with Crippen molar-refractivity contribution in [1.29, 1.82) is 0 Å². The normalized spacial score (nSPS) is 24.7. The zero-order valence-corrected chi connectivity index (χ0v) is 12.0. The largest absolute Gasteiger partial charge is 0.311 e. The Labute approximate surface area is 111 Å². The molecular formula is C15H27N3. The first kappa shape index (κ1) is 13.6. The number of nitrogens with one attached hydrogen (secondary N) is 1.